The highest BCUT2D eigenvalue weighted by Gasteiger charge is 2.28. The SMILES string of the molecule is CC(C)(C)OC(=O)COc1ccc(CC(OC(=O)c2ccc3c(c2)nc(-c2ccoc2)n3C2CCCCC2)C(=O)OCc2ccccc2)cc1. The van der Waals surface area contributed by atoms with E-state index in [2.05, 4.69) is 4.57 Å². The summed E-state index contributed by atoms with van der Waals surface area (Å²) in [6.45, 7) is 5.16. The Morgan fingerprint density at radius 1 is 0.920 bits per heavy atom. The van der Waals surface area contributed by atoms with Gasteiger partial charge in [0.05, 0.1) is 28.4 Å². The molecule has 1 aliphatic rings. The third-order valence-corrected chi connectivity index (χ3v) is 8.50. The van der Waals surface area contributed by atoms with Crippen molar-refractivity contribution in [1.82, 2.24) is 9.55 Å². The van der Waals surface area contributed by atoms with Crippen molar-refractivity contribution >= 4 is 28.9 Å². The van der Waals surface area contributed by atoms with E-state index in [1.165, 1.54) is 6.42 Å². The first-order chi connectivity index (χ1) is 24.1. The largest absolute Gasteiger partial charge is 0.482 e. The summed E-state index contributed by atoms with van der Waals surface area (Å²) in [5.74, 6) is -0.561. The number of carbonyl (C=O) groups is 3. The molecule has 50 heavy (non-hydrogen) atoms. The van der Waals surface area contributed by atoms with Crippen LogP contribution in [-0.2, 0) is 36.8 Å². The number of rotatable bonds is 12. The van der Waals surface area contributed by atoms with Crippen molar-refractivity contribution in [2.45, 2.75) is 83.6 Å². The number of hydrogen-bond donors (Lipinski definition) is 0. The van der Waals surface area contributed by atoms with Crippen molar-refractivity contribution in [2.75, 3.05) is 6.61 Å². The van der Waals surface area contributed by atoms with E-state index < -0.39 is 29.6 Å². The Morgan fingerprint density at radius 2 is 1.68 bits per heavy atom. The number of aromatic nitrogens is 2. The van der Waals surface area contributed by atoms with Crippen LogP contribution in [0, 0.1) is 0 Å². The quantitative estimate of drug-likeness (QED) is 0.0954. The highest BCUT2D eigenvalue weighted by Crippen LogP contribution is 2.36. The fourth-order valence-corrected chi connectivity index (χ4v) is 6.17. The van der Waals surface area contributed by atoms with Gasteiger partial charge < -0.3 is 27.9 Å². The second-order valence-corrected chi connectivity index (χ2v) is 13.5. The molecule has 1 fully saturated rings. The van der Waals surface area contributed by atoms with Crippen LogP contribution >= 0.6 is 0 Å². The Labute approximate surface area is 291 Å². The smallest absolute Gasteiger partial charge is 0.348 e. The third-order valence-electron chi connectivity index (χ3n) is 8.50. The zero-order chi connectivity index (χ0) is 35.1. The maximum absolute atomic E-state index is 13.6. The lowest BCUT2D eigenvalue weighted by Gasteiger charge is -2.25. The summed E-state index contributed by atoms with van der Waals surface area (Å²) in [7, 11) is 0. The molecule has 2 aromatic heterocycles. The molecule has 10 heteroatoms. The monoisotopic (exact) mass is 678 g/mol. The van der Waals surface area contributed by atoms with Crippen molar-refractivity contribution in [3.05, 3.63) is 108 Å². The molecule has 0 bridgehead atoms. The number of esters is 3. The molecule has 2 heterocycles. The van der Waals surface area contributed by atoms with E-state index in [1.807, 2.05) is 42.5 Å². The molecule has 0 aliphatic heterocycles. The van der Waals surface area contributed by atoms with E-state index in [1.54, 1.807) is 69.7 Å². The van der Waals surface area contributed by atoms with Crippen LogP contribution in [0.25, 0.3) is 22.4 Å². The lowest BCUT2D eigenvalue weighted by atomic mass is 9.95. The van der Waals surface area contributed by atoms with Crippen LogP contribution in [0.5, 0.6) is 5.75 Å². The third kappa shape index (κ3) is 8.80. The summed E-state index contributed by atoms with van der Waals surface area (Å²) in [6, 6.07) is 23.7. The van der Waals surface area contributed by atoms with Gasteiger partial charge >= 0.3 is 17.9 Å². The van der Waals surface area contributed by atoms with Gasteiger partial charge in [0.15, 0.2) is 6.61 Å². The van der Waals surface area contributed by atoms with Gasteiger partial charge in [0, 0.05) is 12.5 Å². The molecule has 0 N–H and O–H groups in total. The molecular weight excluding hydrogens is 636 g/mol. The Bertz CT molecular complexity index is 1900. The minimum Gasteiger partial charge on any atom is -0.482 e. The van der Waals surface area contributed by atoms with Crippen LogP contribution in [-0.4, -0.2) is 45.8 Å². The summed E-state index contributed by atoms with van der Waals surface area (Å²) in [5, 5.41) is 0. The molecule has 0 spiro atoms. The molecular formula is C40H42N2O8. The Hall–Kier alpha value is -5.38. The number of ether oxygens (including phenoxy) is 4. The summed E-state index contributed by atoms with van der Waals surface area (Å²) < 4.78 is 30.0. The topological polar surface area (TPSA) is 119 Å². The van der Waals surface area contributed by atoms with Gasteiger partial charge in [0.2, 0.25) is 6.10 Å². The van der Waals surface area contributed by atoms with Crippen LogP contribution in [0.4, 0.5) is 0 Å². The molecule has 1 atom stereocenters. The van der Waals surface area contributed by atoms with Crippen molar-refractivity contribution in [3.8, 4) is 17.1 Å². The van der Waals surface area contributed by atoms with Crippen LogP contribution in [0.2, 0.25) is 0 Å². The molecule has 0 amide bonds. The van der Waals surface area contributed by atoms with Crippen LogP contribution in [0.15, 0.2) is 95.8 Å². The number of imidazole rings is 1. The summed E-state index contributed by atoms with van der Waals surface area (Å²) >= 11 is 0. The molecule has 0 saturated heterocycles. The minimum atomic E-state index is -1.23. The van der Waals surface area contributed by atoms with Crippen LogP contribution in [0.3, 0.4) is 0 Å². The van der Waals surface area contributed by atoms with Gasteiger partial charge in [-0.1, -0.05) is 61.7 Å². The van der Waals surface area contributed by atoms with Crippen molar-refractivity contribution < 1.29 is 37.7 Å². The number of hydrogen-bond acceptors (Lipinski definition) is 9. The molecule has 1 unspecified atom stereocenters. The van der Waals surface area contributed by atoms with Crippen molar-refractivity contribution in [1.29, 1.82) is 0 Å². The van der Waals surface area contributed by atoms with Crippen molar-refractivity contribution in [3.63, 3.8) is 0 Å². The first kappa shape index (κ1) is 34.5. The zero-order valence-electron chi connectivity index (χ0n) is 28.6. The van der Waals surface area contributed by atoms with E-state index in [9.17, 15) is 14.4 Å². The number of carbonyl (C=O) groups excluding carboxylic acids is 3. The maximum Gasteiger partial charge on any atom is 0.348 e. The standard InChI is InChI=1S/C40H42N2O8/c1-40(2,3)50-36(43)26-47-32-17-14-27(15-18-32)22-35(39(45)48-24-28-10-6-4-7-11-28)49-38(44)29-16-19-34-33(23-29)41-37(30-20-21-46-25-30)42(34)31-12-8-5-9-13-31/h4,6-7,10-11,14-21,23,25,31,35H,5,8-9,12-13,22,24,26H2,1-3H3. The molecule has 10 nitrogen and oxygen atoms in total. The fourth-order valence-electron chi connectivity index (χ4n) is 6.17. The van der Waals surface area contributed by atoms with Crippen LogP contribution in [0.1, 0.15) is 80.4 Å². The van der Waals surface area contributed by atoms with Gasteiger partial charge in [0.1, 0.15) is 30.0 Å². The predicted molar refractivity (Wildman–Crippen MR) is 186 cm³/mol. The number of fused-ring (bicyclic) bond motifs is 1. The Kier molecular flexibility index (Phi) is 10.7. The van der Waals surface area contributed by atoms with E-state index in [0.29, 0.717) is 22.9 Å². The average Bonchev–Trinajstić information content (AvgIpc) is 3.78. The molecule has 3 aromatic carbocycles. The Balaban J connectivity index is 1.20. The predicted octanol–water partition coefficient (Wildman–Crippen LogP) is 8.03. The van der Waals surface area contributed by atoms with Gasteiger partial charge in [-0.2, -0.15) is 0 Å². The maximum atomic E-state index is 13.6. The van der Waals surface area contributed by atoms with E-state index in [-0.39, 0.29) is 25.2 Å². The summed E-state index contributed by atoms with van der Waals surface area (Å²) in [6.07, 6.45) is 7.80. The lowest BCUT2D eigenvalue weighted by molar-refractivity contribution is -0.157. The average molecular weight is 679 g/mol. The summed E-state index contributed by atoms with van der Waals surface area (Å²) in [5.41, 5.74) is 3.64. The minimum absolute atomic E-state index is 0.0342. The fraction of sp³-hybridized carbons (Fsp3) is 0.350. The van der Waals surface area contributed by atoms with Gasteiger partial charge in [-0.3, -0.25) is 0 Å². The molecule has 6 rings (SSSR count). The normalized spacial score (nSPS) is 14.2. The highest BCUT2D eigenvalue weighted by atomic mass is 16.6. The van der Waals surface area contributed by atoms with Crippen molar-refractivity contribution in [2.24, 2.45) is 0 Å². The first-order valence-electron chi connectivity index (χ1n) is 17.0. The van der Waals surface area contributed by atoms with E-state index >= 15 is 0 Å². The van der Waals surface area contributed by atoms with Gasteiger partial charge in [-0.05, 0) is 81.1 Å². The molecule has 260 valence electrons. The van der Waals surface area contributed by atoms with Gasteiger partial charge in [-0.25, -0.2) is 19.4 Å². The number of nitrogens with zero attached hydrogens (tertiary/aromatic N) is 2. The second-order valence-electron chi connectivity index (χ2n) is 13.5. The number of furan rings is 1. The molecule has 0 radical (unpaired) electrons. The van der Waals surface area contributed by atoms with E-state index in [4.69, 9.17) is 28.3 Å². The lowest BCUT2D eigenvalue weighted by Crippen LogP contribution is -2.31. The zero-order valence-corrected chi connectivity index (χ0v) is 28.6. The summed E-state index contributed by atoms with van der Waals surface area (Å²) in [4.78, 5) is 44.1. The molecule has 5 aromatic rings. The first-order valence-corrected chi connectivity index (χ1v) is 17.0. The molecule has 1 saturated carbocycles. The molecule has 1 aliphatic carbocycles. The van der Waals surface area contributed by atoms with Gasteiger partial charge in [0.25, 0.3) is 0 Å². The van der Waals surface area contributed by atoms with Crippen LogP contribution < -0.4 is 4.74 Å². The van der Waals surface area contributed by atoms with E-state index in [0.717, 1.165) is 48.2 Å². The highest BCUT2D eigenvalue weighted by molar-refractivity contribution is 5.95. The Morgan fingerprint density at radius 3 is 2.38 bits per heavy atom. The van der Waals surface area contributed by atoms with Gasteiger partial charge in [-0.15, -0.1) is 0 Å². The second kappa shape index (κ2) is 15.4. The number of benzene rings is 3.